The predicted molar refractivity (Wildman–Crippen MR) is 76.2 cm³/mol. The zero-order chi connectivity index (χ0) is 14.0. The first-order chi connectivity index (χ1) is 8.97. The van der Waals surface area contributed by atoms with Crippen LogP contribution in [0.1, 0.15) is 30.9 Å². The molecular formula is C16H18FNO. The van der Waals surface area contributed by atoms with E-state index in [1.165, 1.54) is 23.8 Å². The largest absolute Gasteiger partial charge is 0.455 e. The van der Waals surface area contributed by atoms with E-state index in [1.54, 1.807) is 0 Å². The van der Waals surface area contributed by atoms with E-state index in [4.69, 9.17) is 10.5 Å². The molecule has 0 atom stereocenters. The van der Waals surface area contributed by atoms with Crippen molar-refractivity contribution in [2.45, 2.75) is 26.7 Å². The smallest absolute Gasteiger partial charge is 0.153 e. The zero-order valence-corrected chi connectivity index (χ0v) is 11.4. The lowest BCUT2D eigenvalue weighted by Crippen LogP contribution is -1.96. The van der Waals surface area contributed by atoms with Crippen LogP contribution in [0.3, 0.4) is 0 Å². The quantitative estimate of drug-likeness (QED) is 0.815. The summed E-state index contributed by atoms with van der Waals surface area (Å²) in [6, 6.07) is 10.2. The summed E-state index contributed by atoms with van der Waals surface area (Å²) < 4.78 is 19.0. The van der Waals surface area contributed by atoms with Gasteiger partial charge in [-0.15, -0.1) is 0 Å². The van der Waals surface area contributed by atoms with Crippen molar-refractivity contribution in [2.24, 2.45) is 0 Å². The van der Waals surface area contributed by atoms with Gasteiger partial charge in [-0.3, -0.25) is 0 Å². The highest BCUT2D eigenvalue weighted by molar-refractivity contribution is 5.54. The third-order valence-electron chi connectivity index (χ3n) is 3.07. The summed E-state index contributed by atoms with van der Waals surface area (Å²) in [6.07, 6.45) is 0. The molecule has 19 heavy (non-hydrogen) atoms. The molecule has 0 spiro atoms. The molecule has 2 rings (SSSR count). The van der Waals surface area contributed by atoms with Crippen LogP contribution in [-0.4, -0.2) is 0 Å². The summed E-state index contributed by atoms with van der Waals surface area (Å²) in [4.78, 5) is 0. The fourth-order valence-corrected chi connectivity index (χ4v) is 1.80. The maximum absolute atomic E-state index is 13.2. The number of halogens is 1. The molecule has 0 fully saturated rings. The van der Waals surface area contributed by atoms with Crippen LogP contribution in [0.15, 0.2) is 36.4 Å². The monoisotopic (exact) mass is 259 g/mol. The first-order valence-corrected chi connectivity index (χ1v) is 6.31. The molecule has 3 heteroatoms. The van der Waals surface area contributed by atoms with Crippen molar-refractivity contribution in [3.63, 3.8) is 0 Å². The lowest BCUT2D eigenvalue weighted by molar-refractivity contribution is 0.474. The Balaban J connectivity index is 2.37. The van der Waals surface area contributed by atoms with E-state index in [2.05, 4.69) is 19.9 Å². The van der Waals surface area contributed by atoms with Crippen LogP contribution in [0.5, 0.6) is 11.5 Å². The third kappa shape index (κ3) is 3.05. The van der Waals surface area contributed by atoms with Gasteiger partial charge in [-0.1, -0.05) is 26.0 Å². The number of hydrogen-bond acceptors (Lipinski definition) is 2. The van der Waals surface area contributed by atoms with Gasteiger partial charge < -0.3 is 10.5 Å². The molecule has 0 amide bonds. The number of anilines is 1. The van der Waals surface area contributed by atoms with Crippen LogP contribution in [0.4, 0.5) is 10.1 Å². The van der Waals surface area contributed by atoms with Crippen molar-refractivity contribution >= 4 is 5.69 Å². The van der Waals surface area contributed by atoms with E-state index < -0.39 is 0 Å². The Kier molecular flexibility index (Phi) is 3.74. The van der Waals surface area contributed by atoms with Crippen LogP contribution in [0, 0.1) is 12.7 Å². The van der Waals surface area contributed by atoms with Gasteiger partial charge in [-0.2, -0.15) is 0 Å². The number of ether oxygens (including phenoxy) is 1. The van der Waals surface area contributed by atoms with Crippen molar-refractivity contribution in [3.8, 4) is 11.5 Å². The average Bonchev–Trinajstić information content (AvgIpc) is 2.36. The molecule has 0 aliphatic carbocycles. The maximum Gasteiger partial charge on any atom is 0.153 e. The van der Waals surface area contributed by atoms with Crippen molar-refractivity contribution in [1.29, 1.82) is 0 Å². The van der Waals surface area contributed by atoms with Crippen molar-refractivity contribution < 1.29 is 9.13 Å². The minimum Gasteiger partial charge on any atom is -0.455 e. The van der Waals surface area contributed by atoms with Crippen molar-refractivity contribution in [1.82, 2.24) is 0 Å². The summed E-state index contributed by atoms with van der Waals surface area (Å²) in [5, 5.41) is 0. The first-order valence-electron chi connectivity index (χ1n) is 6.31. The van der Waals surface area contributed by atoms with Gasteiger partial charge in [0, 0.05) is 6.07 Å². The molecule has 0 bridgehead atoms. The van der Waals surface area contributed by atoms with Crippen LogP contribution in [-0.2, 0) is 0 Å². The standard InChI is InChI=1S/C16H18FNO/c1-10(2)12-5-4-11(3)15(8-12)19-16-9-13(17)6-7-14(16)18/h4-10H,18H2,1-3H3. The molecule has 2 aromatic rings. The first kappa shape index (κ1) is 13.4. The highest BCUT2D eigenvalue weighted by Crippen LogP contribution is 2.32. The highest BCUT2D eigenvalue weighted by atomic mass is 19.1. The van der Waals surface area contributed by atoms with Gasteiger partial charge in [0.25, 0.3) is 0 Å². The number of hydrogen-bond donors (Lipinski definition) is 1. The Morgan fingerprint density at radius 1 is 1.05 bits per heavy atom. The number of nitrogen functional groups attached to an aromatic ring is 1. The molecule has 0 heterocycles. The summed E-state index contributed by atoms with van der Waals surface area (Å²) in [7, 11) is 0. The van der Waals surface area contributed by atoms with Gasteiger partial charge in [0.2, 0.25) is 0 Å². The zero-order valence-electron chi connectivity index (χ0n) is 11.4. The number of aryl methyl sites for hydroxylation is 1. The average molecular weight is 259 g/mol. The lowest BCUT2D eigenvalue weighted by atomic mass is 10.0. The van der Waals surface area contributed by atoms with Gasteiger partial charge in [-0.25, -0.2) is 4.39 Å². The second kappa shape index (κ2) is 5.31. The van der Waals surface area contributed by atoms with Crippen LogP contribution >= 0.6 is 0 Å². The Labute approximate surface area is 113 Å². The third-order valence-corrected chi connectivity index (χ3v) is 3.07. The predicted octanol–water partition coefficient (Wildman–Crippen LogP) is 4.63. The second-order valence-electron chi connectivity index (χ2n) is 4.96. The minimum atomic E-state index is -0.359. The van der Waals surface area contributed by atoms with Crippen LogP contribution in [0.25, 0.3) is 0 Å². The topological polar surface area (TPSA) is 35.2 Å². The van der Waals surface area contributed by atoms with Gasteiger partial charge in [-0.05, 0) is 42.2 Å². The Bertz CT molecular complexity index is 593. The molecule has 2 N–H and O–H groups in total. The van der Waals surface area contributed by atoms with Gasteiger partial charge in [0.1, 0.15) is 11.6 Å². The maximum atomic E-state index is 13.2. The highest BCUT2D eigenvalue weighted by Gasteiger charge is 2.08. The fraction of sp³-hybridized carbons (Fsp3) is 0.250. The van der Waals surface area contributed by atoms with Gasteiger partial charge in [0.15, 0.2) is 5.75 Å². The summed E-state index contributed by atoms with van der Waals surface area (Å²) in [5.74, 6) is 1.11. The molecule has 100 valence electrons. The molecule has 0 saturated heterocycles. The Morgan fingerprint density at radius 2 is 1.79 bits per heavy atom. The van der Waals surface area contributed by atoms with E-state index in [0.29, 0.717) is 23.1 Å². The Morgan fingerprint density at radius 3 is 2.47 bits per heavy atom. The molecule has 2 nitrogen and oxygen atoms in total. The van der Waals surface area contributed by atoms with E-state index in [9.17, 15) is 4.39 Å². The lowest BCUT2D eigenvalue weighted by Gasteiger charge is -2.13. The molecular weight excluding hydrogens is 241 g/mol. The molecule has 0 aliphatic heterocycles. The molecule has 0 aliphatic rings. The molecule has 0 radical (unpaired) electrons. The van der Waals surface area contributed by atoms with Crippen LogP contribution < -0.4 is 10.5 Å². The van der Waals surface area contributed by atoms with Gasteiger partial charge >= 0.3 is 0 Å². The normalized spacial score (nSPS) is 10.8. The summed E-state index contributed by atoms with van der Waals surface area (Å²) >= 11 is 0. The molecule has 0 unspecified atom stereocenters. The van der Waals surface area contributed by atoms with E-state index in [1.807, 2.05) is 19.1 Å². The van der Waals surface area contributed by atoms with Crippen molar-refractivity contribution in [2.75, 3.05) is 5.73 Å². The number of nitrogens with two attached hydrogens (primary N) is 1. The van der Waals surface area contributed by atoms with E-state index in [0.717, 1.165) is 5.56 Å². The second-order valence-corrected chi connectivity index (χ2v) is 4.96. The van der Waals surface area contributed by atoms with E-state index in [-0.39, 0.29) is 5.82 Å². The Hall–Kier alpha value is -2.03. The molecule has 2 aromatic carbocycles. The van der Waals surface area contributed by atoms with Gasteiger partial charge in [0.05, 0.1) is 5.69 Å². The summed E-state index contributed by atoms with van der Waals surface area (Å²) in [6.45, 7) is 6.19. The SMILES string of the molecule is Cc1ccc(C(C)C)cc1Oc1cc(F)ccc1N. The minimum absolute atomic E-state index is 0.351. The fourth-order valence-electron chi connectivity index (χ4n) is 1.80. The van der Waals surface area contributed by atoms with Crippen LogP contribution in [0.2, 0.25) is 0 Å². The number of rotatable bonds is 3. The molecule has 0 saturated carbocycles. The number of benzene rings is 2. The molecule has 0 aromatic heterocycles. The van der Waals surface area contributed by atoms with Crippen molar-refractivity contribution in [3.05, 3.63) is 53.3 Å². The van der Waals surface area contributed by atoms with E-state index >= 15 is 0 Å². The summed E-state index contributed by atoms with van der Waals surface area (Å²) in [5.41, 5.74) is 8.39.